The highest BCUT2D eigenvalue weighted by Crippen LogP contribution is 2.32. The van der Waals surface area contributed by atoms with Gasteiger partial charge in [0.25, 0.3) is 0 Å². The van der Waals surface area contributed by atoms with E-state index in [1.165, 1.54) is 27.4 Å². The van der Waals surface area contributed by atoms with E-state index in [-0.39, 0.29) is 5.41 Å². The Kier molecular flexibility index (Phi) is 3.02. The maximum absolute atomic E-state index is 4.66. The molecule has 2 aromatic carbocycles. The van der Waals surface area contributed by atoms with Crippen molar-refractivity contribution in [2.45, 2.75) is 26.2 Å². The number of pyridine rings is 1. The zero-order valence-electron chi connectivity index (χ0n) is 13.7. The first-order chi connectivity index (χ1) is 11.1. The third-order valence-electron chi connectivity index (χ3n) is 4.42. The molecule has 2 nitrogen and oxygen atoms in total. The van der Waals surface area contributed by atoms with Crippen LogP contribution < -0.4 is 0 Å². The largest absolute Gasteiger partial charge is 0.294 e. The van der Waals surface area contributed by atoms with E-state index < -0.39 is 0 Å². The first kappa shape index (κ1) is 14.0. The Hall–Kier alpha value is -2.61. The molecule has 0 unspecified atom stereocenters. The predicted octanol–water partition coefficient (Wildman–Crippen LogP) is 5.48. The lowest BCUT2D eigenvalue weighted by Crippen LogP contribution is -2.12. The summed E-state index contributed by atoms with van der Waals surface area (Å²) in [6.07, 6.45) is 1.92. The average molecular weight is 300 g/mol. The molecular formula is C21H20N2. The van der Waals surface area contributed by atoms with Gasteiger partial charge < -0.3 is 0 Å². The maximum Gasteiger partial charge on any atom is 0.137 e. The van der Waals surface area contributed by atoms with Gasteiger partial charge in [-0.2, -0.15) is 0 Å². The molecule has 0 atom stereocenters. The summed E-state index contributed by atoms with van der Waals surface area (Å²) in [5, 5.41) is 2.54. The van der Waals surface area contributed by atoms with Gasteiger partial charge in [-0.3, -0.25) is 4.57 Å². The molecule has 0 fully saturated rings. The van der Waals surface area contributed by atoms with Crippen LogP contribution in [0.1, 0.15) is 26.3 Å². The monoisotopic (exact) mass is 300 g/mol. The van der Waals surface area contributed by atoms with Crippen molar-refractivity contribution in [3.8, 4) is 5.82 Å². The zero-order valence-corrected chi connectivity index (χ0v) is 13.7. The van der Waals surface area contributed by atoms with Crippen molar-refractivity contribution in [3.05, 3.63) is 72.4 Å². The van der Waals surface area contributed by atoms with Crippen molar-refractivity contribution in [2.24, 2.45) is 0 Å². The molecule has 0 spiro atoms. The number of benzene rings is 2. The summed E-state index contributed by atoms with van der Waals surface area (Å²) in [5.41, 5.74) is 3.81. The fourth-order valence-corrected chi connectivity index (χ4v) is 3.18. The molecule has 0 aliphatic rings. The minimum absolute atomic E-state index is 0.108. The molecule has 0 N–H and O–H groups in total. The molecule has 2 heteroatoms. The number of nitrogens with zero attached hydrogens (tertiary/aromatic N) is 2. The molecule has 2 heterocycles. The average Bonchev–Trinajstić information content (AvgIpc) is 2.89. The van der Waals surface area contributed by atoms with Crippen molar-refractivity contribution in [2.75, 3.05) is 0 Å². The predicted molar refractivity (Wildman–Crippen MR) is 97.3 cm³/mol. The van der Waals surface area contributed by atoms with E-state index in [2.05, 4.69) is 91.0 Å². The topological polar surface area (TPSA) is 17.8 Å². The highest BCUT2D eigenvalue weighted by molar-refractivity contribution is 6.09. The third-order valence-corrected chi connectivity index (χ3v) is 4.42. The van der Waals surface area contributed by atoms with Gasteiger partial charge in [-0.05, 0) is 35.2 Å². The summed E-state index contributed by atoms with van der Waals surface area (Å²) in [6.45, 7) is 6.70. The lowest BCUT2D eigenvalue weighted by atomic mass is 9.88. The molecule has 114 valence electrons. The third kappa shape index (κ3) is 2.22. The van der Waals surface area contributed by atoms with Crippen LogP contribution in [0.4, 0.5) is 0 Å². The maximum atomic E-state index is 4.66. The molecule has 0 saturated heterocycles. The van der Waals surface area contributed by atoms with Gasteiger partial charge in [0.1, 0.15) is 5.82 Å². The Morgan fingerprint density at radius 2 is 1.35 bits per heavy atom. The second-order valence-corrected chi connectivity index (χ2v) is 7.02. The quantitative estimate of drug-likeness (QED) is 0.455. The van der Waals surface area contributed by atoms with Crippen LogP contribution in [0.15, 0.2) is 66.9 Å². The second kappa shape index (κ2) is 4.95. The lowest BCUT2D eigenvalue weighted by molar-refractivity contribution is 0.588. The van der Waals surface area contributed by atoms with Crippen LogP contribution in [0.3, 0.4) is 0 Å². The van der Waals surface area contributed by atoms with Gasteiger partial charge in [0, 0.05) is 17.0 Å². The molecule has 0 bridgehead atoms. The minimum atomic E-state index is 0.108. The lowest BCUT2D eigenvalue weighted by Gasteiger charge is -2.19. The van der Waals surface area contributed by atoms with Gasteiger partial charge in [0.15, 0.2) is 0 Å². The molecule has 2 aromatic heterocycles. The van der Waals surface area contributed by atoms with Gasteiger partial charge >= 0.3 is 0 Å². The first-order valence-corrected chi connectivity index (χ1v) is 8.01. The molecule has 0 radical (unpaired) electrons. The summed E-state index contributed by atoms with van der Waals surface area (Å²) in [7, 11) is 0. The molecule has 23 heavy (non-hydrogen) atoms. The second-order valence-electron chi connectivity index (χ2n) is 7.02. The number of hydrogen-bond acceptors (Lipinski definition) is 1. The van der Waals surface area contributed by atoms with Crippen molar-refractivity contribution < 1.29 is 0 Å². The Morgan fingerprint density at radius 3 is 1.91 bits per heavy atom. The SMILES string of the molecule is CC(C)(C)c1ccnc(-n2c3ccccc3c3ccccc32)c1. The van der Waals surface area contributed by atoms with Crippen molar-refractivity contribution in [1.29, 1.82) is 0 Å². The molecule has 0 saturated carbocycles. The summed E-state index contributed by atoms with van der Waals surface area (Å²) in [4.78, 5) is 4.66. The summed E-state index contributed by atoms with van der Waals surface area (Å²) >= 11 is 0. The number of fused-ring (bicyclic) bond motifs is 3. The highest BCUT2D eigenvalue weighted by Gasteiger charge is 2.17. The van der Waals surface area contributed by atoms with E-state index in [4.69, 9.17) is 0 Å². The highest BCUT2D eigenvalue weighted by atomic mass is 15.1. The number of hydrogen-bond donors (Lipinski definition) is 0. The van der Waals surface area contributed by atoms with Crippen LogP contribution in [0.2, 0.25) is 0 Å². The van der Waals surface area contributed by atoms with Gasteiger partial charge in [-0.25, -0.2) is 4.98 Å². The van der Waals surface area contributed by atoms with Crippen molar-refractivity contribution >= 4 is 21.8 Å². The Bertz CT molecular complexity index is 950. The zero-order chi connectivity index (χ0) is 16.0. The molecule has 0 aliphatic heterocycles. The van der Waals surface area contributed by atoms with Crippen molar-refractivity contribution in [1.82, 2.24) is 9.55 Å². The van der Waals surface area contributed by atoms with Crippen LogP contribution in [-0.4, -0.2) is 9.55 Å². The van der Waals surface area contributed by atoms with E-state index in [1.807, 2.05) is 6.20 Å². The number of aromatic nitrogens is 2. The Balaban J connectivity index is 2.09. The van der Waals surface area contributed by atoms with Crippen LogP contribution in [0.5, 0.6) is 0 Å². The molecular weight excluding hydrogens is 280 g/mol. The Morgan fingerprint density at radius 1 is 0.783 bits per heavy atom. The molecule has 0 amide bonds. The summed E-state index contributed by atoms with van der Waals surface area (Å²) in [5.74, 6) is 0.981. The van der Waals surface area contributed by atoms with Crippen LogP contribution in [0.25, 0.3) is 27.6 Å². The molecule has 4 aromatic rings. The minimum Gasteiger partial charge on any atom is -0.294 e. The van der Waals surface area contributed by atoms with Crippen LogP contribution in [-0.2, 0) is 5.41 Å². The van der Waals surface area contributed by atoms with Gasteiger partial charge in [-0.15, -0.1) is 0 Å². The fraction of sp³-hybridized carbons (Fsp3) is 0.190. The summed E-state index contributed by atoms with van der Waals surface area (Å²) in [6, 6.07) is 21.4. The van der Waals surface area contributed by atoms with Gasteiger partial charge in [0.05, 0.1) is 11.0 Å². The van der Waals surface area contributed by atoms with Crippen LogP contribution in [0, 0.1) is 0 Å². The molecule has 4 rings (SSSR count). The van der Waals surface area contributed by atoms with E-state index in [9.17, 15) is 0 Å². The van der Waals surface area contributed by atoms with E-state index >= 15 is 0 Å². The molecule has 0 aliphatic carbocycles. The van der Waals surface area contributed by atoms with E-state index in [0.717, 1.165) is 5.82 Å². The van der Waals surface area contributed by atoms with Crippen LogP contribution >= 0.6 is 0 Å². The Labute approximate surface area is 136 Å². The van der Waals surface area contributed by atoms with Gasteiger partial charge in [0.2, 0.25) is 0 Å². The fourth-order valence-electron chi connectivity index (χ4n) is 3.18. The normalized spacial score (nSPS) is 12.1. The number of rotatable bonds is 1. The van der Waals surface area contributed by atoms with E-state index in [1.54, 1.807) is 0 Å². The summed E-state index contributed by atoms with van der Waals surface area (Å²) < 4.78 is 2.26. The van der Waals surface area contributed by atoms with E-state index in [0.29, 0.717) is 0 Å². The first-order valence-electron chi connectivity index (χ1n) is 8.01. The number of para-hydroxylation sites is 2. The smallest absolute Gasteiger partial charge is 0.137 e. The van der Waals surface area contributed by atoms with Gasteiger partial charge in [-0.1, -0.05) is 57.2 Å². The van der Waals surface area contributed by atoms with Crippen molar-refractivity contribution in [3.63, 3.8) is 0 Å². The standard InChI is InChI=1S/C21H20N2/c1-21(2,3)15-12-13-22-20(14-15)23-18-10-6-4-8-16(18)17-9-5-7-11-19(17)23/h4-14H,1-3H3.